The molecule has 0 spiro atoms. The largest absolute Gasteiger partial charge is 0.549 e. The normalized spacial score (nSPS) is 29.2. The van der Waals surface area contributed by atoms with E-state index in [1.807, 2.05) is 0 Å². The molecule has 3 atom stereocenters. The molecule has 0 radical (unpaired) electrons. The average molecular weight is 354 g/mol. The Morgan fingerprint density at radius 1 is 1.08 bits per heavy atom. The molecule has 3 rings (SSSR count). The van der Waals surface area contributed by atoms with Crippen molar-refractivity contribution >= 4 is 35.5 Å². The number of piperidine rings is 1. The summed E-state index contributed by atoms with van der Waals surface area (Å²) < 4.78 is 0. The predicted octanol–water partition coefficient (Wildman–Crippen LogP) is -2.05. The minimum absolute atomic E-state index is 0.0117. The van der Waals surface area contributed by atoms with E-state index in [-0.39, 0.29) is 41.3 Å². The van der Waals surface area contributed by atoms with Crippen LogP contribution in [0.15, 0.2) is 0 Å². The highest BCUT2D eigenvalue weighted by molar-refractivity contribution is 8.00. The van der Waals surface area contributed by atoms with Gasteiger partial charge in [0.15, 0.2) is 0 Å². The third kappa shape index (κ3) is 3.35. The number of aliphatic carboxylic acids is 1. The highest BCUT2D eigenvalue weighted by Crippen LogP contribution is 2.31. The summed E-state index contributed by atoms with van der Waals surface area (Å²) in [5.74, 6) is -1.62. The topological polar surface area (TPSA) is 110 Å². The standard InChI is InChI=1S/C15H21N3O5S/c19-12(7-24-8-13(20)21)16-9-3-5-18-11(6-9)15(23)17-4-1-2-10(17)14(18)22/h9-11H,1-8H2,(H,16,19)(H,20,21)/p-1/t9-,10+,11-/m0/s1. The van der Waals surface area contributed by atoms with E-state index in [4.69, 9.17) is 0 Å². The Kier molecular flexibility index (Phi) is 4.98. The highest BCUT2D eigenvalue weighted by atomic mass is 32.2. The number of hydrogen-bond donors (Lipinski definition) is 1. The van der Waals surface area contributed by atoms with Crippen LogP contribution >= 0.6 is 11.8 Å². The zero-order valence-corrected chi connectivity index (χ0v) is 14.0. The number of hydrogen-bond acceptors (Lipinski definition) is 6. The molecule has 0 aromatic carbocycles. The smallest absolute Gasteiger partial charge is 0.246 e. The molecule has 24 heavy (non-hydrogen) atoms. The van der Waals surface area contributed by atoms with Crippen molar-refractivity contribution in [3.63, 3.8) is 0 Å². The first-order valence-corrected chi connectivity index (χ1v) is 9.30. The van der Waals surface area contributed by atoms with Gasteiger partial charge in [0, 0.05) is 24.9 Å². The zero-order valence-electron chi connectivity index (χ0n) is 13.2. The summed E-state index contributed by atoms with van der Waals surface area (Å²) in [6, 6.07) is -0.944. The molecule has 3 aliphatic rings. The summed E-state index contributed by atoms with van der Waals surface area (Å²) in [7, 11) is 0. The second-order valence-corrected chi connectivity index (χ2v) is 7.38. The first-order chi connectivity index (χ1) is 11.5. The Morgan fingerprint density at radius 2 is 1.79 bits per heavy atom. The molecule has 1 N–H and O–H groups in total. The summed E-state index contributed by atoms with van der Waals surface area (Å²) in [6.45, 7) is 1.10. The number of thioether (sulfide) groups is 1. The van der Waals surface area contributed by atoms with E-state index in [1.165, 1.54) is 0 Å². The average Bonchev–Trinajstić information content (AvgIpc) is 3.02. The summed E-state index contributed by atoms with van der Waals surface area (Å²) in [6.07, 6.45) is 2.63. The lowest BCUT2D eigenvalue weighted by molar-refractivity contribution is -0.301. The van der Waals surface area contributed by atoms with E-state index < -0.39 is 12.0 Å². The van der Waals surface area contributed by atoms with Crippen LogP contribution in [-0.2, 0) is 19.2 Å². The second-order valence-electron chi connectivity index (χ2n) is 6.39. The van der Waals surface area contributed by atoms with Gasteiger partial charge in [0.05, 0.1) is 11.7 Å². The quantitative estimate of drug-likeness (QED) is 0.609. The molecule has 3 saturated heterocycles. The van der Waals surface area contributed by atoms with Crippen LogP contribution < -0.4 is 10.4 Å². The first-order valence-electron chi connectivity index (χ1n) is 8.15. The Morgan fingerprint density at radius 3 is 2.54 bits per heavy atom. The number of piperazine rings is 1. The summed E-state index contributed by atoms with van der Waals surface area (Å²) in [4.78, 5) is 50.7. The fourth-order valence-electron chi connectivity index (χ4n) is 3.76. The fourth-order valence-corrected chi connectivity index (χ4v) is 4.30. The first kappa shape index (κ1) is 17.1. The Hall–Kier alpha value is -1.77. The minimum atomic E-state index is -1.20. The van der Waals surface area contributed by atoms with E-state index in [0.717, 1.165) is 24.6 Å². The molecule has 0 unspecified atom stereocenters. The molecule has 3 heterocycles. The number of nitrogens with one attached hydrogen (secondary N) is 1. The van der Waals surface area contributed by atoms with Gasteiger partial charge in [-0.1, -0.05) is 0 Å². The Balaban J connectivity index is 1.55. The Labute approximate surface area is 143 Å². The molecular weight excluding hydrogens is 334 g/mol. The minimum Gasteiger partial charge on any atom is -0.549 e. The van der Waals surface area contributed by atoms with Gasteiger partial charge < -0.3 is 25.0 Å². The zero-order chi connectivity index (χ0) is 17.3. The molecule has 9 heteroatoms. The molecule has 0 aromatic heterocycles. The third-order valence-corrected chi connectivity index (χ3v) is 5.72. The maximum absolute atomic E-state index is 12.6. The molecule has 0 bridgehead atoms. The molecule has 8 nitrogen and oxygen atoms in total. The van der Waals surface area contributed by atoms with Gasteiger partial charge in [-0.25, -0.2) is 0 Å². The van der Waals surface area contributed by atoms with Crippen molar-refractivity contribution in [3.8, 4) is 0 Å². The van der Waals surface area contributed by atoms with Crippen LogP contribution in [0.2, 0.25) is 0 Å². The van der Waals surface area contributed by atoms with E-state index >= 15 is 0 Å². The second kappa shape index (κ2) is 7.00. The van der Waals surface area contributed by atoms with Crippen molar-refractivity contribution in [2.75, 3.05) is 24.6 Å². The molecule has 132 valence electrons. The van der Waals surface area contributed by atoms with Crippen LogP contribution in [0.3, 0.4) is 0 Å². The monoisotopic (exact) mass is 354 g/mol. The summed E-state index contributed by atoms with van der Waals surface area (Å²) in [5.41, 5.74) is 0. The molecular formula is C15H20N3O5S-. The van der Waals surface area contributed by atoms with E-state index in [1.54, 1.807) is 9.80 Å². The van der Waals surface area contributed by atoms with Gasteiger partial charge in [0.25, 0.3) is 0 Å². The van der Waals surface area contributed by atoms with Crippen LogP contribution in [-0.4, -0.2) is 76.2 Å². The lowest BCUT2D eigenvalue weighted by Gasteiger charge is -2.46. The van der Waals surface area contributed by atoms with Gasteiger partial charge in [-0.3, -0.25) is 14.4 Å². The molecule has 0 aliphatic carbocycles. The third-order valence-electron chi connectivity index (χ3n) is 4.81. The summed E-state index contributed by atoms with van der Waals surface area (Å²) >= 11 is 0.981. The van der Waals surface area contributed by atoms with Gasteiger partial charge >= 0.3 is 0 Å². The SMILES string of the molecule is O=C([O-])CSCC(=O)N[C@H]1CCN2C(=O)[C@H]3CCCN3C(=O)[C@@H]2C1. The number of fused-ring (bicyclic) bond motifs is 2. The lowest BCUT2D eigenvalue weighted by atomic mass is 9.92. The van der Waals surface area contributed by atoms with E-state index in [0.29, 0.717) is 25.9 Å². The number of carbonyl (C=O) groups excluding carboxylic acids is 4. The van der Waals surface area contributed by atoms with E-state index in [2.05, 4.69) is 5.32 Å². The number of rotatable bonds is 5. The van der Waals surface area contributed by atoms with Gasteiger partial charge in [0.1, 0.15) is 12.1 Å². The van der Waals surface area contributed by atoms with Crippen LogP contribution in [0.25, 0.3) is 0 Å². The highest BCUT2D eigenvalue weighted by Gasteiger charge is 2.49. The lowest BCUT2D eigenvalue weighted by Crippen LogP contribution is -2.66. The molecule has 0 aromatic rings. The van der Waals surface area contributed by atoms with Crippen molar-refractivity contribution < 1.29 is 24.3 Å². The molecule has 0 saturated carbocycles. The fraction of sp³-hybridized carbons (Fsp3) is 0.733. The van der Waals surface area contributed by atoms with Crippen molar-refractivity contribution in [1.29, 1.82) is 0 Å². The maximum Gasteiger partial charge on any atom is 0.246 e. The molecule has 3 aliphatic heterocycles. The van der Waals surface area contributed by atoms with Gasteiger partial charge in [0.2, 0.25) is 17.7 Å². The van der Waals surface area contributed by atoms with Gasteiger partial charge in [-0.05, 0) is 25.7 Å². The number of nitrogens with zero attached hydrogens (tertiary/aromatic N) is 2. The maximum atomic E-state index is 12.6. The van der Waals surface area contributed by atoms with Crippen molar-refractivity contribution in [2.24, 2.45) is 0 Å². The van der Waals surface area contributed by atoms with Crippen molar-refractivity contribution in [3.05, 3.63) is 0 Å². The number of carboxylic acids is 1. The summed E-state index contributed by atoms with van der Waals surface area (Å²) in [5, 5.41) is 13.2. The van der Waals surface area contributed by atoms with E-state index in [9.17, 15) is 24.3 Å². The van der Waals surface area contributed by atoms with Crippen LogP contribution in [0.5, 0.6) is 0 Å². The van der Waals surface area contributed by atoms with Crippen LogP contribution in [0.4, 0.5) is 0 Å². The number of carbonyl (C=O) groups is 4. The Bertz CT molecular complexity index is 569. The van der Waals surface area contributed by atoms with Crippen molar-refractivity contribution in [1.82, 2.24) is 15.1 Å². The molecule has 3 fully saturated rings. The van der Waals surface area contributed by atoms with Gasteiger partial charge in [-0.2, -0.15) is 0 Å². The van der Waals surface area contributed by atoms with Crippen LogP contribution in [0, 0.1) is 0 Å². The number of amides is 3. The number of carboxylic acid groups (broad SMARTS) is 1. The predicted molar refractivity (Wildman–Crippen MR) is 83.7 cm³/mol. The van der Waals surface area contributed by atoms with Crippen molar-refractivity contribution in [2.45, 2.75) is 43.8 Å². The van der Waals surface area contributed by atoms with Crippen LogP contribution in [0.1, 0.15) is 25.7 Å². The molecule has 3 amide bonds. The van der Waals surface area contributed by atoms with Gasteiger partial charge in [-0.15, -0.1) is 11.8 Å².